The van der Waals surface area contributed by atoms with Crippen LogP contribution < -0.4 is 10.6 Å². The van der Waals surface area contributed by atoms with Crippen LogP contribution >= 0.6 is 0 Å². The van der Waals surface area contributed by atoms with E-state index in [-0.39, 0.29) is 24.4 Å². The molecule has 1 saturated heterocycles. The first-order chi connectivity index (χ1) is 11.9. The van der Waals surface area contributed by atoms with E-state index in [2.05, 4.69) is 10.6 Å². The van der Waals surface area contributed by atoms with Crippen LogP contribution in [0.4, 0.5) is 5.69 Å². The number of amides is 2. The van der Waals surface area contributed by atoms with Gasteiger partial charge in [-0.15, -0.1) is 0 Å². The third-order valence-corrected chi connectivity index (χ3v) is 4.27. The van der Waals surface area contributed by atoms with E-state index in [1.165, 1.54) is 0 Å². The topological polar surface area (TPSA) is 84.3 Å². The number of anilines is 1. The van der Waals surface area contributed by atoms with Gasteiger partial charge in [-0.25, -0.2) is 0 Å². The van der Waals surface area contributed by atoms with Crippen LogP contribution in [0.3, 0.4) is 0 Å². The summed E-state index contributed by atoms with van der Waals surface area (Å²) in [6, 6.07) is 5.74. The summed E-state index contributed by atoms with van der Waals surface area (Å²) in [4.78, 5) is 26.3. The maximum absolute atomic E-state index is 12.7. The lowest BCUT2D eigenvalue weighted by Gasteiger charge is -2.34. The highest BCUT2D eigenvalue weighted by Gasteiger charge is 2.30. The fraction of sp³-hybridized carbons (Fsp3) is 0.579. The average Bonchev–Trinajstić information content (AvgIpc) is 2.59. The first-order valence-electron chi connectivity index (χ1n) is 8.90. The minimum atomic E-state index is -0.231. The Hall–Kier alpha value is -1.92. The molecule has 1 atom stereocenters. The van der Waals surface area contributed by atoms with Crippen LogP contribution in [0.5, 0.6) is 0 Å². The summed E-state index contributed by atoms with van der Waals surface area (Å²) in [6.45, 7) is 7.34. The van der Waals surface area contributed by atoms with Crippen LogP contribution in [-0.4, -0.2) is 54.6 Å². The number of hydrogen-bond acceptors (Lipinski definition) is 3. The van der Waals surface area contributed by atoms with Crippen molar-refractivity contribution < 1.29 is 14.7 Å². The molecule has 1 aliphatic heterocycles. The second kappa shape index (κ2) is 10.8. The van der Waals surface area contributed by atoms with Crippen LogP contribution in [0.1, 0.15) is 37.3 Å². The smallest absolute Gasteiger partial charge is 0.241 e. The number of piperidine rings is 1. The van der Waals surface area contributed by atoms with E-state index in [4.69, 9.17) is 5.11 Å². The predicted octanol–water partition coefficient (Wildman–Crippen LogP) is 1.57. The number of hydrogen-bond donors (Lipinski definition) is 2. The van der Waals surface area contributed by atoms with E-state index in [1.807, 2.05) is 36.9 Å². The quantitative estimate of drug-likeness (QED) is 0.809. The van der Waals surface area contributed by atoms with Crippen LogP contribution in [0, 0.1) is 13.8 Å². The Morgan fingerprint density at radius 3 is 2.40 bits per heavy atom. The number of carbonyl (C=O) groups is 2. The summed E-state index contributed by atoms with van der Waals surface area (Å²) in [7, 11) is 1.62. The zero-order chi connectivity index (χ0) is 18.8. The minimum absolute atomic E-state index is 0.0130. The molecule has 0 radical (unpaired) electrons. The van der Waals surface area contributed by atoms with E-state index in [9.17, 15) is 9.59 Å². The first-order valence-corrected chi connectivity index (χ1v) is 8.90. The lowest BCUT2D eigenvalue weighted by atomic mass is 10.0. The van der Waals surface area contributed by atoms with Crippen molar-refractivity contribution >= 4 is 17.5 Å². The molecule has 1 aliphatic rings. The summed E-state index contributed by atoms with van der Waals surface area (Å²) < 4.78 is 0. The third-order valence-electron chi connectivity index (χ3n) is 4.27. The van der Waals surface area contributed by atoms with Gasteiger partial charge in [0.2, 0.25) is 11.8 Å². The number of benzene rings is 1. The van der Waals surface area contributed by atoms with E-state index >= 15 is 0 Å². The van der Waals surface area contributed by atoms with Gasteiger partial charge < -0.3 is 15.7 Å². The van der Waals surface area contributed by atoms with Gasteiger partial charge in [-0.1, -0.05) is 24.6 Å². The number of carbonyl (C=O) groups excluding carboxylic acids is 2. The standard InChI is InChI=1S/C17H25N3O2.C2H6O/c1-12-7-6-8-13(2)16(12)19-17(22)14-9-4-5-10-20(14)11-15(21)18-3;1-2-3/h6-8,14H,4-5,9-11H2,1-3H3,(H,18,21)(H,19,22);3H,2H2,1H3/p+1. The number of rotatable bonds is 4. The van der Waals surface area contributed by atoms with Crippen molar-refractivity contribution in [3.05, 3.63) is 29.3 Å². The lowest BCUT2D eigenvalue weighted by Crippen LogP contribution is -2.50. The number of para-hydroxylation sites is 1. The van der Waals surface area contributed by atoms with Crippen molar-refractivity contribution in [1.29, 1.82) is 0 Å². The fourth-order valence-electron chi connectivity index (χ4n) is 2.96. The van der Waals surface area contributed by atoms with Crippen molar-refractivity contribution in [2.45, 2.75) is 46.1 Å². The third kappa shape index (κ3) is 6.48. The molecule has 4 N–H and O–H groups in total. The molecule has 2 rings (SSSR count). The molecule has 0 saturated carbocycles. The summed E-state index contributed by atoms with van der Waals surface area (Å²) in [5.41, 5.74) is 3.00. The summed E-state index contributed by atoms with van der Waals surface area (Å²) in [6.07, 6.45) is 2.85. The summed E-state index contributed by atoms with van der Waals surface area (Å²) in [5.74, 6) is -0.0622. The number of likely N-dealkylation sites (tertiary alicyclic amines) is 1. The monoisotopic (exact) mass is 350 g/mol. The summed E-state index contributed by atoms with van der Waals surface area (Å²) >= 11 is 0. The zero-order valence-electron chi connectivity index (χ0n) is 15.8. The van der Waals surface area contributed by atoms with Crippen molar-refractivity contribution in [1.82, 2.24) is 10.2 Å². The maximum atomic E-state index is 12.7. The minimum Gasteiger partial charge on any atom is -0.446 e. The molecule has 0 aromatic heterocycles. The van der Waals surface area contributed by atoms with Gasteiger partial charge in [0.05, 0.1) is 12.6 Å². The van der Waals surface area contributed by atoms with Gasteiger partial charge >= 0.3 is 0 Å². The highest BCUT2D eigenvalue weighted by Crippen LogP contribution is 2.22. The number of nitrogens with zero attached hydrogens (tertiary/aromatic N) is 1. The van der Waals surface area contributed by atoms with Crippen LogP contribution in [0.2, 0.25) is 0 Å². The predicted molar refractivity (Wildman–Crippen MR) is 102 cm³/mol. The molecule has 1 heterocycles. The molecule has 25 heavy (non-hydrogen) atoms. The molecule has 0 aliphatic carbocycles. The van der Waals surface area contributed by atoms with Gasteiger partial charge in [-0.3, -0.25) is 14.5 Å². The van der Waals surface area contributed by atoms with Gasteiger partial charge in [0.15, 0.2) is 0 Å². The fourth-order valence-corrected chi connectivity index (χ4v) is 2.96. The normalized spacial score (nSPS) is 17.2. The Bertz CT molecular complexity index is 555. The van der Waals surface area contributed by atoms with Crippen molar-refractivity contribution in [3.63, 3.8) is 0 Å². The van der Waals surface area contributed by atoms with E-state index in [1.54, 1.807) is 14.0 Å². The lowest BCUT2D eigenvalue weighted by molar-refractivity contribution is -0.126. The Kier molecular flexibility index (Phi) is 9.16. The molecule has 1 aromatic carbocycles. The molecule has 1 fully saturated rings. The van der Waals surface area contributed by atoms with Crippen LogP contribution in [0.25, 0.3) is 0 Å². The van der Waals surface area contributed by atoms with E-state index < -0.39 is 0 Å². The first kappa shape index (κ1) is 21.1. The molecular weight excluding hydrogens is 318 g/mol. The SMILES string of the molecule is CC[OH2+].CNC(=O)CN1CCCCC1C(=O)Nc1c(C)cccc1C. The van der Waals surface area contributed by atoms with Crippen LogP contribution in [0.15, 0.2) is 18.2 Å². The molecule has 140 valence electrons. The Balaban J connectivity index is 0.000000970. The van der Waals surface area contributed by atoms with E-state index in [0.29, 0.717) is 6.61 Å². The van der Waals surface area contributed by atoms with Crippen molar-refractivity contribution in [3.8, 4) is 0 Å². The molecule has 6 heteroatoms. The van der Waals surface area contributed by atoms with Gasteiger partial charge in [0.25, 0.3) is 0 Å². The van der Waals surface area contributed by atoms with Gasteiger partial charge in [-0.2, -0.15) is 0 Å². The Morgan fingerprint density at radius 2 is 1.84 bits per heavy atom. The van der Waals surface area contributed by atoms with E-state index in [0.717, 1.165) is 42.6 Å². The number of likely N-dealkylation sites (N-methyl/N-ethyl adjacent to an activating group) is 1. The second-order valence-electron chi connectivity index (χ2n) is 6.26. The van der Waals surface area contributed by atoms with Crippen LogP contribution in [-0.2, 0) is 9.59 Å². The van der Waals surface area contributed by atoms with Gasteiger partial charge in [-0.05, 0) is 44.4 Å². The summed E-state index contributed by atoms with van der Waals surface area (Å²) in [5, 5.41) is 11.9. The Morgan fingerprint density at radius 1 is 1.24 bits per heavy atom. The van der Waals surface area contributed by atoms with Crippen molar-refractivity contribution in [2.24, 2.45) is 0 Å². The van der Waals surface area contributed by atoms with Gasteiger partial charge in [0.1, 0.15) is 6.61 Å². The number of nitrogens with one attached hydrogen (secondary N) is 2. The highest BCUT2D eigenvalue weighted by molar-refractivity contribution is 5.96. The molecular formula is C19H32N3O3+. The molecule has 2 amide bonds. The highest BCUT2D eigenvalue weighted by atomic mass is 16.2. The largest absolute Gasteiger partial charge is 0.446 e. The number of aryl methyl sites for hydroxylation is 2. The Labute approximate surface area is 150 Å². The molecule has 0 spiro atoms. The average molecular weight is 350 g/mol. The second-order valence-corrected chi connectivity index (χ2v) is 6.26. The molecule has 1 unspecified atom stereocenters. The molecule has 0 bridgehead atoms. The zero-order valence-corrected chi connectivity index (χ0v) is 15.8. The molecule has 6 nitrogen and oxygen atoms in total. The maximum Gasteiger partial charge on any atom is 0.241 e. The van der Waals surface area contributed by atoms with Crippen molar-refractivity contribution in [2.75, 3.05) is 32.1 Å². The molecule has 1 aromatic rings. The van der Waals surface area contributed by atoms with Gasteiger partial charge in [0, 0.05) is 19.7 Å².